The molecule has 7 nitrogen and oxygen atoms in total. The van der Waals surface area contributed by atoms with E-state index in [4.69, 9.17) is 11.6 Å². The van der Waals surface area contributed by atoms with Crippen LogP contribution in [0.25, 0.3) is 0 Å². The van der Waals surface area contributed by atoms with E-state index in [1.54, 1.807) is 18.2 Å². The molecule has 4 amide bonds. The number of halogens is 1. The molecule has 1 aliphatic rings. The minimum atomic E-state index is -0.533. The number of imide groups is 1. The van der Waals surface area contributed by atoms with Crippen molar-refractivity contribution in [1.82, 2.24) is 15.5 Å². The third kappa shape index (κ3) is 5.91. The second-order valence-electron chi connectivity index (χ2n) is 6.20. The van der Waals surface area contributed by atoms with Crippen molar-refractivity contribution in [3.63, 3.8) is 0 Å². The molecule has 8 heteroatoms. The molecule has 0 aromatic heterocycles. The number of nitrogens with zero attached hydrogens (tertiary/aromatic N) is 1. The number of likely N-dealkylation sites (tertiary alicyclic amines) is 1. The fourth-order valence-corrected chi connectivity index (χ4v) is 2.92. The summed E-state index contributed by atoms with van der Waals surface area (Å²) >= 11 is 6.03. The summed E-state index contributed by atoms with van der Waals surface area (Å²) in [6, 6.07) is 4.40. The van der Waals surface area contributed by atoms with Crippen LogP contribution in [0.4, 0.5) is 10.5 Å². The minimum Gasteiger partial charge on any atom is -0.375 e. The third-order valence-corrected chi connectivity index (χ3v) is 4.32. The van der Waals surface area contributed by atoms with E-state index in [1.165, 1.54) is 0 Å². The summed E-state index contributed by atoms with van der Waals surface area (Å²) in [6.07, 6.45) is 3.91. The average molecular weight is 381 g/mol. The van der Waals surface area contributed by atoms with Crippen LogP contribution in [0.15, 0.2) is 18.2 Å². The van der Waals surface area contributed by atoms with Gasteiger partial charge in [0.15, 0.2) is 0 Å². The first-order chi connectivity index (χ1) is 12.5. The molecule has 1 fully saturated rings. The van der Waals surface area contributed by atoms with Crippen LogP contribution in [-0.4, -0.2) is 48.9 Å². The monoisotopic (exact) mass is 380 g/mol. The van der Waals surface area contributed by atoms with Gasteiger partial charge in [-0.1, -0.05) is 18.5 Å². The van der Waals surface area contributed by atoms with E-state index in [-0.39, 0.29) is 12.5 Å². The summed E-state index contributed by atoms with van der Waals surface area (Å²) in [5.41, 5.74) is 0.955. The van der Waals surface area contributed by atoms with Gasteiger partial charge in [0, 0.05) is 30.3 Å². The number of benzene rings is 1. The lowest BCUT2D eigenvalue weighted by Gasteiger charge is -2.27. The van der Waals surface area contributed by atoms with Gasteiger partial charge in [-0.15, -0.1) is 0 Å². The molecule has 0 radical (unpaired) electrons. The zero-order valence-electron chi connectivity index (χ0n) is 14.9. The summed E-state index contributed by atoms with van der Waals surface area (Å²) in [5, 5.41) is 8.17. The highest BCUT2D eigenvalue weighted by Crippen LogP contribution is 2.23. The number of anilines is 1. The summed E-state index contributed by atoms with van der Waals surface area (Å²) in [7, 11) is 0. The molecule has 0 saturated carbocycles. The van der Waals surface area contributed by atoms with Crippen molar-refractivity contribution in [2.45, 2.75) is 32.6 Å². The lowest BCUT2D eigenvalue weighted by Crippen LogP contribution is -2.42. The predicted molar refractivity (Wildman–Crippen MR) is 102 cm³/mol. The van der Waals surface area contributed by atoms with Gasteiger partial charge in [0.2, 0.25) is 5.91 Å². The van der Waals surface area contributed by atoms with Crippen LogP contribution in [0.1, 0.15) is 43.0 Å². The van der Waals surface area contributed by atoms with Gasteiger partial charge in [-0.05, 0) is 43.9 Å². The molecule has 2 rings (SSSR count). The predicted octanol–water partition coefficient (Wildman–Crippen LogP) is 2.61. The number of amides is 4. The van der Waals surface area contributed by atoms with Gasteiger partial charge in [0.05, 0.1) is 12.1 Å². The highest BCUT2D eigenvalue weighted by molar-refractivity contribution is 6.31. The van der Waals surface area contributed by atoms with E-state index >= 15 is 0 Å². The highest BCUT2D eigenvalue weighted by atomic mass is 35.5. The fraction of sp³-hybridized carbons (Fsp3) is 0.500. The molecule has 1 aliphatic heterocycles. The Bertz CT molecular complexity index is 660. The second-order valence-corrected chi connectivity index (χ2v) is 6.64. The first kappa shape index (κ1) is 20.0. The Morgan fingerprint density at radius 1 is 1.15 bits per heavy atom. The average Bonchev–Trinajstić information content (AvgIpc) is 2.65. The number of hydrogen-bond donors (Lipinski definition) is 3. The molecule has 1 aromatic rings. The van der Waals surface area contributed by atoms with Crippen molar-refractivity contribution in [2.75, 3.05) is 31.5 Å². The Morgan fingerprint density at radius 2 is 1.88 bits per heavy atom. The van der Waals surface area contributed by atoms with Gasteiger partial charge in [-0.3, -0.25) is 14.9 Å². The largest absolute Gasteiger partial charge is 0.375 e. The fourth-order valence-electron chi connectivity index (χ4n) is 2.75. The molecule has 3 N–H and O–H groups in total. The Morgan fingerprint density at radius 3 is 2.58 bits per heavy atom. The summed E-state index contributed by atoms with van der Waals surface area (Å²) < 4.78 is 0. The number of carbonyl (C=O) groups is 3. The second kappa shape index (κ2) is 10.0. The summed E-state index contributed by atoms with van der Waals surface area (Å²) in [6.45, 7) is 3.75. The number of rotatable bonds is 6. The van der Waals surface area contributed by atoms with Crippen molar-refractivity contribution in [3.8, 4) is 0 Å². The number of urea groups is 1. The smallest absolute Gasteiger partial charge is 0.321 e. The number of piperidine rings is 1. The molecule has 0 atom stereocenters. The molecule has 0 aliphatic carbocycles. The summed E-state index contributed by atoms with van der Waals surface area (Å²) in [5.74, 6) is -0.570. The van der Waals surface area contributed by atoms with Crippen molar-refractivity contribution >= 4 is 35.1 Å². The van der Waals surface area contributed by atoms with Gasteiger partial charge >= 0.3 is 6.03 Å². The molecule has 0 unspecified atom stereocenters. The van der Waals surface area contributed by atoms with Gasteiger partial charge in [0.25, 0.3) is 5.91 Å². The highest BCUT2D eigenvalue weighted by Gasteiger charge is 2.21. The molecule has 1 aromatic carbocycles. The van der Waals surface area contributed by atoms with Crippen LogP contribution in [0.5, 0.6) is 0 Å². The van der Waals surface area contributed by atoms with Gasteiger partial charge in [-0.2, -0.15) is 0 Å². The van der Waals surface area contributed by atoms with E-state index in [1.807, 2.05) is 11.8 Å². The SMILES string of the molecule is CCCNC(=O)NC(=O)CNc1cc(Cl)ccc1C(=O)N1CCCCC1. The van der Waals surface area contributed by atoms with E-state index in [9.17, 15) is 14.4 Å². The van der Waals surface area contributed by atoms with Crippen LogP contribution in [0, 0.1) is 0 Å². The summed E-state index contributed by atoms with van der Waals surface area (Å²) in [4.78, 5) is 38.0. The molecule has 26 heavy (non-hydrogen) atoms. The van der Waals surface area contributed by atoms with Crippen molar-refractivity contribution < 1.29 is 14.4 Å². The maximum Gasteiger partial charge on any atom is 0.321 e. The molecule has 142 valence electrons. The van der Waals surface area contributed by atoms with E-state index in [0.717, 1.165) is 38.8 Å². The Hall–Kier alpha value is -2.28. The van der Waals surface area contributed by atoms with Gasteiger partial charge in [0.1, 0.15) is 0 Å². The van der Waals surface area contributed by atoms with Crippen molar-refractivity contribution in [3.05, 3.63) is 28.8 Å². The van der Waals surface area contributed by atoms with Crippen LogP contribution >= 0.6 is 11.6 Å². The maximum atomic E-state index is 12.8. The quantitative estimate of drug-likeness (QED) is 0.707. The zero-order valence-corrected chi connectivity index (χ0v) is 15.7. The Kier molecular flexibility index (Phi) is 7.72. The molecular formula is C18H25ClN4O3. The lowest BCUT2D eigenvalue weighted by atomic mass is 10.1. The molecule has 1 heterocycles. The normalized spacial score (nSPS) is 13.8. The topological polar surface area (TPSA) is 90.5 Å². The number of nitrogens with one attached hydrogen (secondary N) is 3. The number of hydrogen-bond acceptors (Lipinski definition) is 4. The standard InChI is InChI=1S/C18H25ClN4O3/c1-2-8-20-18(26)22-16(24)12-21-15-11-13(19)6-7-14(15)17(25)23-9-4-3-5-10-23/h6-7,11,21H,2-5,8-10,12H2,1H3,(H2,20,22,24,26). The van der Waals surface area contributed by atoms with Gasteiger partial charge in [-0.25, -0.2) is 4.79 Å². The molecular weight excluding hydrogens is 356 g/mol. The lowest BCUT2D eigenvalue weighted by molar-refractivity contribution is -0.118. The minimum absolute atomic E-state index is 0.0787. The van der Waals surface area contributed by atoms with Crippen LogP contribution in [0.3, 0.4) is 0 Å². The van der Waals surface area contributed by atoms with Crippen LogP contribution in [0.2, 0.25) is 5.02 Å². The van der Waals surface area contributed by atoms with Crippen LogP contribution < -0.4 is 16.0 Å². The molecule has 0 spiro atoms. The van der Waals surface area contributed by atoms with E-state index in [0.29, 0.717) is 22.8 Å². The van der Waals surface area contributed by atoms with Crippen LogP contribution in [-0.2, 0) is 4.79 Å². The molecule has 0 bridgehead atoms. The maximum absolute atomic E-state index is 12.8. The van der Waals surface area contributed by atoms with E-state index in [2.05, 4.69) is 16.0 Å². The number of carbonyl (C=O) groups excluding carboxylic acids is 3. The first-order valence-electron chi connectivity index (χ1n) is 8.91. The third-order valence-electron chi connectivity index (χ3n) is 4.08. The first-order valence-corrected chi connectivity index (χ1v) is 9.29. The zero-order chi connectivity index (χ0) is 18.9. The molecule has 1 saturated heterocycles. The van der Waals surface area contributed by atoms with E-state index < -0.39 is 11.9 Å². The Labute approximate surface area is 158 Å². The van der Waals surface area contributed by atoms with Crippen molar-refractivity contribution in [2.24, 2.45) is 0 Å². The van der Waals surface area contributed by atoms with Crippen molar-refractivity contribution in [1.29, 1.82) is 0 Å². The van der Waals surface area contributed by atoms with Gasteiger partial charge < -0.3 is 15.5 Å². The Balaban J connectivity index is 1.99.